The zero-order valence-corrected chi connectivity index (χ0v) is 15.9. The summed E-state index contributed by atoms with van der Waals surface area (Å²) in [4.78, 5) is 12.1. The van der Waals surface area contributed by atoms with Crippen molar-refractivity contribution in [3.63, 3.8) is 0 Å². The van der Waals surface area contributed by atoms with Gasteiger partial charge in [0.25, 0.3) is 5.22 Å². The van der Waals surface area contributed by atoms with E-state index in [0.29, 0.717) is 11.6 Å². The highest BCUT2D eigenvalue weighted by Crippen LogP contribution is 2.29. The van der Waals surface area contributed by atoms with Gasteiger partial charge in [0, 0.05) is 5.56 Å². The molecule has 28 heavy (non-hydrogen) atoms. The second-order valence-electron chi connectivity index (χ2n) is 5.86. The molecule has 0 atom stereocenters. The number of hydrogen-bond donors (Lipinski definition) is 1. The molecule has 0 bridgehead atoms. The summed E-state index contributed by atoms with van der Waals surface area (Å²) in [5.74, 6) is -0.348. The largest absolute Gasteiger partial charge is 0.411 e. The first-order valence-electron chi connectivity index (χ1n) is 8.29. The summed E-state index contributed by atoms with van der Waals surface area (Å²) in [6.07, 6.45) is 0. The lowest BCUT2D eigenvalue weighted by Crippen LogP contribution is -2.14. The van der Waals surface area contributed by atoms with Crippen molar-refractivity contribution in [2.45, 2.75) is 5.22 Å². The number of aromatic nitrogens is 2. The third-order valence-electron chi connectivity index (χ3n) is 3.96. The highest BCUT2D eigenvalue weighted by Gasteiger charge is 2.14. The van der Waals surface area contributed by atoms with Gasteiger partial charge in [0.1, 0.15) is 5.82 Å². The summed E-state index contributed by atoms with van der Waals surface area (Å²) >= 11 is 7.02. The molecular weight excluding hydrogens is 401 g/mol. The molecule has 0 unspecified atom stereocenters. The van der Waals surface area contributed by atoms with Crippen LogP contribution in [-0.2, 0) is 4.79 Å². The van der Waals surface area contributed by atoms with E-state index in [9.17, 15) is 9.18 Å². The fourth-order valence-electron chi connectivity index (χ4n) is 2.69. The van der Waals surface area contributed by atoms with Crippen LogP contribution in [0.15, 0.2) is 70.3 Å². The lowest BCUT2D eigenvalue weighted by Gasteiger charge is -2.06. The van der Waals surface area contributed by atoms with Crippen molar-refractivity contribution in [1.82, 2.24) is 10.2 Å². The molecule has 1 N–H and O–H groups in total. The van der Waals surface area contributed by atoms with Gasteiger partial charge in [-0.15, -0.1) is 10.2 Å². The van der Waals surface area contributed by atoms with Gasteiger partial charge in [-0.1, -0.05) is 59.8 Å². The Kier molecular flexibility index (Phi) is 5.27. The Labute approximate surface area is 168 Å². The lowest BCUT2D eigenvalue weighted by molar-refractivity contribution is -0.113. The number of anilines is 1. The van der Waals surface area contributed by atoms with E-state index in [2.05, 4.69) is 15.5 Å². The number of halogens is 2. The molecule has 0 saturated heterocycles. The predicted octanol–water partition coefficient (Wildman–Crippen LogP) is 5.41. The van der Waals surface area contributed by atoms with E-state index in [1.54, 1.807) is 0 Å². The van der Waals surface area contributed by atoms with Crippen molar-refractivity contribution < 1.29 is 13.6 Å². The van der Waals surface area contributed by atoms with Crippen LogP contribution in [0.5, 0.6) is 0 Å². The number of amides is 1. The third-order valence-corrected chi connectivity index (χ3v) is 5.09. The number of carbonyl (C=O) groups excluding carboxylic acids is 1. The van der Waals surface area contributed by atoms with E-state index in [1.165, 1.54) is 12.1 Å². The van der Waals surface area contributed by atoms with Crippen molar-refractivity contribution in [3.05, 3.63) is 71.5 Å². The summed E-state index contributed by atoms with van der Waals surface area (Å²) in [5, 5.41) is 13.2. The van der Waals surface area contributed by atoms with Gasteiger partial charge < -0.3 is 9.73 Å². The molecule has 0 fully saturated rings. The summed E-state index contributed by atoms with van der Waals surface area (Å²) in [5.41, 5.74) is 1.18. The Morgan fingerprint density at radius 1 is 1.11 bits per heavy atom. The van der Waals surface area contributed by atoms with Crippen molar-refractivity contribution in [2.24, 2.45) is 0 Å². The first kappa shape index (κ1) is 18.5. The minimum Gasteiger partial charge on any atom is -0.411 e. The number of benzene rings is 3. The van der Waals surface area contributed by atoms with Crippen molar-refractivity contribution in [1.29, 1.82) is 0 Å². The van der Waals surface area contributed by atoms with Crippen molar-refractivity contribution in [2.75, 3.05) is 11.1 Å². The molecule has 0 aliphatic carbocycles. The number of rotatable bonds is 5. The maximum absolute atomic E-state index is 13.1. The molecule has 8 heteroatoms. The molecule has 0 spiro atoms. The number of fused-ring (bicyclic) bond motifs is 1. The maximum Gasteiger partial charge on any atom is 0.277 e. The molecule has 1 amide bonds. The number of carbonyl (C=O) groups is 1. The second kappa shape index (κ2) is 8.00. The van der Waals surface area contributed by atoms with Crippen LogP contribution in [0.2, 0.25) is 5.02 Å². The monoisotopic (exact) mass is 413 g/mol. The molecule has 0 aliphatic heterocycles. The molecule has 1 heterocycles. The van der Waals surface area contributed by atoms with Crippen molar-refractivity contribution >= 4 is 45.7 Å². The minimum absolute atomic E-state index is 0.0465. The van der Waals surface area contributed by atoms with Gasteiger partial charge in [0.15, 0.2) is 0 Å². The predicted molar refractivity (Wildman–Crippen MR) is 108 cm³/mol. The molecule has 3 aromatic carbocycles. The quantitative estimate of drug-likeness (QED) is 0.443. The van der Waals surface area contributed by atoms with Crippen LogP contribution < -0.4 is 5.32 Å². The molecule has 5 nitrogen and oxygen atoms in total. The van der Waals surface area contributed by atoms with Gasteiger partial charge >= 0.3 is 0 Å². The van der Waals surface area contributed by atoms with Crippen LogP contribution in [0.1, 0.15) is 0 Å². The van der Waals surface area contributed by atoms with E-state index in [4.69, 9.17) is 16.0 Å². The fourth-order valence-corrected chi connectivity index (χ4v) is 3.47. The van der Waals surface area contributed by atoms with Crippen molar-refractivity contribution in [3.8, 4) is 11.5 Å². The SMILES string of the molecule is O=C(CSc1nnc(-c2cccc3ccccc23)o1)Nc1ccc(F)cc1Cl. The van der Waals surface area contributed by atoms with Gasteiger partial charge in [0.05, 0.1) is 16.5 Å². The van der Waals surface area contributed by atoms with Crippen LogP contribution in [-0.4, -0.2) is 21.9 Å². The van der Waals surface area contributed by atoms with Crippen LogP contribution in [0.3, 0.4) is 0 Å². The van der Waals surface area contributed by atoms with Crippen LogP contribution in [0.4, 0.5) is 10.1 Å². The zero-order valence-electron chi connectivity index (χ0n) is 14.4. The molecule has 1 aromatic heterocycles. The second-order valence-corrected chi connectivity index (χ2v) is 7.19. The highest BCUT2D eigenvalue weighted by molar-refractivity contribution is 7.99. The minimum atomic E-state index is -0.468. The maximum atomic E-state index is 13.1. The molecule has 0 aliphatic rings. The molecule has 4 rings (SSSR count). The Morgan fingerprint density at radius 2 is 1.93 bits per heavy atom. The van der Waals surface area contributed by atoms with Gasteiger partial charge in [-0.3, -0.25) is 4.79 Å². The Bertz CT molecular complexity index is 1160. The topological polar surface area (TPSA) is 68.0 Å². The lowest BCUT2D eigenvalue weighted by atomic mass is 10.0. The summed E-state index contributed by atoms with van der Waals surface area (Å²) < 4.78 is 18.8. The first-order chi connectivity index (χ1) is 13.6. The van der Waals surface area contributed by atoms with E-state index in [-0.39, 0.29) is 21.9 Å². The summed E-state index contributed by atoms with van der Waals surface area (Å²) in [6, 6.07) is 17.5. The summed E-state index contributed by atoms with van der Waals surface area (Å²) in [7, 11) is 0. The normalized spacial score (nSPS) is 10.9. The van der Waals surface area contributed by atoms with E-state index in [1.807, 2.05) is 42.5 Å². The molecule has 140 valence electrons. The Balaban J connectivity index is 1.44. The number of thioether (sulfide) groups is 1. The molecule has 0 radical (unpaired) electrons. The summed E-state index contributed by atoms with van der Waals surface area (Å²) in [6.45, 7) is 0. The van der Waals surface area contributed by atoms with E-state index < -0.39 is 5.82 Å². The smallest absolute Gasteiger partial charge is 0.277 e. The number of nitrogens with zero attached hydrogens (tertiary/aromatic N) is 2. The average molecular weight is 414 g/mol. The van der Waals surface area contributed by atoms with Gasteiger partial charge in [-0.25, -0.2) is 4.39 Å². The molecule has 4 aromatic rings. The van der Waals surface area contributed by atoms with Gasteiger partial charge in [0.2, 0.25) is 11.8 Å². The number of hydrogen-bond acceptors (Lipinski definition) is 5. The zero-order chi connectivity index (χ0) is 19.5. The van der Waals surface area contributed by atoms with Crippen LogP contribution >= 0.6 is 23.4 Å². The van der Waals surface area contributed by atoms with Crippen LogP contribution in [0, 0.1) is 5.82 Å². The van der Waals surface area contributed by atoms with Gasteiger partial charge in [-0.2, -0.15) is 0 Å². The molecule has 0 saturated carbocycles. The third kappa shape index (κ3) is 4.00. The molecular formula is C20H13ClFN3O2S. The first-order valence-corrected chi connectivity index (χ1v) is 9.66. The fraction of sp³-hybridized carbons (Fsp3) is 0.0500. The standard InChI is InChI=1S/C20H13ClFN3O2S/c21-16-10-13(22)8-9-17(16)23-18(26)11-28-20-25-24-19(27-20)15-7-3-5-12-4-1-2-6-14(12)15/h1-10H,11H2,(H,23,26). The Morgan fingerprint density at radius 3 is 2.79 bits per heavy atom. The van der Waals surface area contributed by atoms with E-state index in [0.717, 1.165) is 34.2 Å². The number of nitrogens with one attached hydrogen (secondary N) is 1. The average Bonchev–Trinajstić information content (AvgIpc) is 3.17. The van der Waals surface area contributed by atoms with Crippen LogP contribution in [0.25, 0.3) is 22.2 Å². The Hall–Kier alpha value is -2.90. The van der Waals surface area contributed by atoms with Gasteiger partial charge in [-0.05, 0) is 35.0 Å². The van der Waals surface area contributed by atoms with E-state index >= 15 is 0 Å². The highest BCUT2D eigenvalue weighted by atomic mass is 35.5.